The fourth-order valence-electron chi connectivity index (χ4n) is 3.51. The van der Waals surface area contributed by atoms with Crippen LogP contribution in [0.5, 0.6) is 0 Å². The Kier molecular flexibility index (Phi) is 4.70. The summed E-state index contributed by atoms with van der Waals surface area (Å²) in [6.07, 6.45) is 0.508. The summed E-state index contributed by atoms with van der Waals surface area (Å²) in [5.41, 5.74) is 2.11. The van der Waals surface area contributed by atoms with Crippen LogP contribution in [-0.4, -0.2) is 46.6 Å². The highest BCUT2D eigenvalue weighted by Gasteiger charge is 2.27. The van der Waals surface area contributed by atoms with Crippen LogP contribution in [0.4, 0.5) is 0 Å². The van der Waals surface area contributed by atoms with Crippen LogP contribution in [0.2, 0.25) is 0 Å². The molecule has 1 aliphatic rings. The van der Waals surface area contributed by atoms with Crippen molar-refractivity contribution in [2.75, 3.05) is 20.1 Å². The molecule has 1 unspecified atom stereocenters. The van der Waals surface area contributed by atoms with E-state index in [4.69, 9.17) is 0 Å². The van der Waals surface area contributed by atoms with Gasteiger partial charge < -0.3 is 10.2 Å². The molecule has 1 fully saturated rings. The van der Waals surface area contributed by atoms with Crippen molar-refractivity contribution in [3.05, 3.63) is 52.5 Å². The van der Waals surface area contributed by atoms with Gasteiger partial charge in [0.1, 0.15) is 4.83 Å². The summed E-state index contributed by atoms with van der Waals surface area (Å²) in [7, 11) is 1.80. The van der Waals surface area contributed by atoms with Crippen LogP contribution in [0.15, 0.2) is 36.4 Å². The summed E-state index contributed by atoms with van der Waals surface area (Å²) in [4.78, 5) is 27.6. The fourth-order valence-corrected chi connectivity index (χ4v) is 4.58. The first-order valence-electron chi connectivity index (χ1n) is 9.04. The SMILES string of the molecule is Cc1nn(Cc2ccccc2)c2sc(C(=O)NCC3CC(=O)N(C)C3)cc12. The molecule has 3 aromatic rings. The zero-order valence-electron chi connectivity index (χ0n) is 15.4. The first-order valence-corrected chi connectivity index (χ1v) is 9.86. The lowest BCUT2D eigenvalue weighted by Gasteiger charge is -2.10. The minimum atomic E-state index is -0.0798. The number of carbonyl (C=O) groups is 2. The van der Waals surface area contributed by atoms with Gasteiger partial charge in [0.05, 0.1) is 17.1 Å². The molecule has 140 valence electrons. The number of likely N-dealkylation sites (tertiary alicyclic amines) is 1. The van der Waals surface area contributed by atoms with E-state index >= 15 is 0 Å². The van der Waals surface area contributed by atoms with Crippen LogP contribution < -0.4 is 5.32 Å². The van der Waals surface area contributed by atoms with E-state index in [-0.39, 0.29) is 17.7 Å². The maximum atomic E-state index is 12.6. The molecule has 1 saturated heterocycles. The predicted octanol–water partition coefficient (Wildman–Crippen LogP) is 2.66. The van der Waals surface area contributed by atoms with Gasteiger partial charge in [0, 0.05) is 37.9 Å². The summed E-state index contributed by atoms with van der Waals surface area (Å²) in [6.45, 7) is 3.89. The van der Waals surface area contributed by atoms with Gasteiger partial charge in [0.15, 0.2) is 0 Å². The molecular formula is C20H22N4O2S. The average molecular weight is 382 g/mol. The van der Waals surface area contributed by atoms with Crippen LogP contribution in [-0.2, 0) is 11.3 Å². The fraction of sp³-hybridized carbons (Fsp3) is 0.350. The highest BCUT2D eigenvalue weighted by atomic mass is 32.1. The standard InChI is InChI=1S/C20H22N4O2S/c1-13-16-9-17(19(26)21-10-15-8-18(25)23(2)11-15)27-20(16)24(22-13)12-14-6-4-3-5-7-14/h3-7,9,15H,8,10-12H2,1-2H3,(H,21,26). The number of amides is 2. The Bertz CT molecular complexity index is 992. The number of aromatic nitrogens is 2. The van der Waals surface area contributed by atoms with E-state index in [2.05, 4.69) is 22.5 Å². The van der Waals surface area contributed by atoms with Crippen molar-refractivity contribution >= 4 is 33.4 Å². The number of carbonyl (C=O) groups excluding carboxylic acids is 2. The molecule has 7 heteroatoms. The molecular weight excluding hydrogens is 360 g/mol. The Hall–Kier alpha value is -2.67. The zero-order valence-corrected chi connectivity index (χ0v) is 16.3. The van der Waals surface area contributed by atoms with Crippen molar-refractivity contribution in [2.24, 2.45) is 5.92 Å². The molecule has 4 rings (SSSR count). The minimum absolute atomic E-state index is 0.0798. The van der Waals surface area contributed by atoms with Gasteiger partial charge in [-0.15, -0.1) is 11.3 Å². The van der Waals surface area contributed by atoms with Gasteiger partial charge in [-0.3, -0.25) is 14.3 Å². The van der Waals surface area contributed by atoms with Gasteiger partial charge >= 0.3 is 0 Å². The Balaban J connectivity index is 1.49. The number of aryl methyl sites for hydroxylation is 1. The second kappa shape index (κ2) is 7.15. The molecule has 0 spiro atoms. The first-order chi connectivity index (χ1) is 13.0. The molecule has 3 heterocycles. The molecule has 1 aliphatic heterocycles. The van der Waals surface area contributed by atoms with Gasteiger partial charge in [-0.1, -0.05) is 30.3 Å². The molecule has 0 aliphatic carbocycles. The number of rotatable bonds is 5. The van der Waals surface area contributed by atoms with Crippen molar-refractivity contribution in [3.8, 4) is 0 Å². The van der Waals surface area contributed by atoms with Gasteiger partial charge in [0.25, 0.3) is 5.91 Å². The van der Waals surface area contributed by atoms with Gasteiger partial charge in [0.2, 0.25) is 5.91 Å². The topological polar surface area (TPSA) is 67.2 Å². The normalized spacial score (nSPS) is 17.0. The molecule has 1 atom stereocenters. The summed E-state index contributed by atoms with van der Waals surface area (Å²) in [5, 5.41) is 8.63. The van der Waals surface area contributed by atoms with E-state index in [9.17, 15) is 9.59 Å². The third-order valence-electron chi connectivity index (χ3n) is 4.98. The van der Waals surface area contributed by atoms with Crippen molar-refractivity contribution in [1.29, 1.82) is 0 Å². The third-order valence-corrected chi connectivity index (χ3v) is 6.13. The largest absolute Gasteiger partial charge is 0.351 e. The van der Waals surface area contributed by atoms with Gasteiger partial charge in [-0.05, 0) is 18.6 Å². The van der Waals surface area contributed by atoms with Gasteiger partial charge in [-0.2, -0.15) is 5.10 Å². The summed E-state index contributed by atoms with van der Waals surface area (Å²) >= 11 is 1.47. The van der Waals surface area contributed by atoms with Crippen LogP contribution in [0.25, 0.3) is 10.2 Å². The lowest BCUT2D eigenvalue weighted by atomic mass is 10.1. The van der Waals surface area contributed by atoms with Crippen LogP contribution in [0.1, 0.15) is 27.3 Å². The smallest absolute Gasteiger partial charge is 0.261 e. The minimum Gasteiger partial charge on any atom is -0.351 e. The van der Waals surface area contributed by atoms with E-state index in [0.717, 1.165) is 15.9 Å². The zero-order chi connectivity index (χ0) is 19.0. The lowest BCUT2D eigenvalue weighted by molar-refractivity contribution is -0.126. The maximum Gasteiger partial charge on any atom is 0.261 e. The summed E-state index contributed by atoms with van der Waals surface area (Å²) in [6, 6.07) is 12.1. The Morgan fingerprint density at radius 1 is 1.33 bits per heavy atom. The highest BCUT2D eigenvalue weighted by molar-refractivity contribution is 7.20. The second-order valence-corrected chi connectivity index (χ2v) is 8.14. The summed E-state index contributed by atoms with van der Waals surface area (Å²) in [5.74, 6) is 0.257. The van der Waals surface area contributed by atoms with Crippen molar-refractivity contribution in [3.63, 3.8) is 0 Å². The number of hydrogen-bond acceptors (Lipinski definition) is 4. The van der Waals surface area contributed by atoms with E-state index in [1.165, 1.54) is 16.9 Å². The quantitative estimate of drug-likeness (QED) is 0.738. The Morgan fingerprint density at radius 3 is 2.81 bits per heavy atom. The van der Waals surface area contributed by atoms with Crippen molar-refractivity contribution in [2.45, 2.75) is 19.9 Å². The van der Waals surface area contributed by atoms with Crippen LogP contribution >= 0.6 is 11.3 Å². The number of nitrogens with one attached hydrogen (secondary N) is 1. The van der Waals surface area contributed by atoms with E-state index in [1.54, 1.807) is 11.9 Å². The molecule has 27 heavy (non-hydrogen) atoms. The molecule has 2 amide bonds. The molecule has 6 nitrogen and oxygen atoms in total. The Labute approximate surface area is 161 Å². The molecule has 0 saturated carbocycles. The van der Waals surface area contributed by atoms with Crippen LogP contribution in [0.3, 0.4) is 0 Å². The molecule has 1 N–H and O–H groups in total. The third kappa shape index (κ3) is 3.60. The molecule has 0 bridgehead atoms. The number of hydrogen-bond donors (Lipinski definition) is 1. The number of benzene rings is 1. The number of thiophene rings is 1. The number of fused-ring (bicyclic) bond motifs is 1. The predicted molar refractivity (Wildman–Crippen MR) is 106 cm³/mol. The first kappa shape index (κ1) is 17.7. The maximum absolute atomic E-state index is 12.6. The summed E-state index contributed by atoms with van der Waals surface area (Å²) < 4.78 is 1.96. The van der Waals surface area contributed by atoms with Crippen molar-refractivity contribution < 1.29 is 9.59 Å². The molecule has 1 aromatic carbocycles. The number of nitrogens with zero attached hydrogens (tertiary/aromatic N) is 3. The van der Waals surface area contributed by atoms with Gasteiger partial charge in [-0.25, -0.2) is 0 Å². The van der Waals surface area contributed by atoms with E-state index in [1.807, 2.05) is 35.9 Å². The Morgan fingerprint density at radius 2 is 2.11 bits per heavy atom. The van der Waals surface area contributed by atoms with E-state index in [0.29, 0.717) is 30.9 Å². The highest BCUT2D eigenvalue weighted by Crippen LogP contribution is 2.29. The van der Waals surface area contributed by atoms with Crippen molar-refractivity contribution in [1.82, 2.24) is 20.0 Å². The molecule has 2 aromatic heterocycles. The second-order valence-electron chi connectivity index (χ2n) is 7.11. The van der Waals surface area contributed by atoms with E-state index < -0.39 is 0 Å². The van der Waals surface area contributed by atoms with Crippen LogP contribution in [0, 0.1) is 12.8 Å². The molecule has 0 radical (unpaired) electrons. The average Bonchev–Trinajstić information content (AvgIpc) is 3.31. The monoisotopic (exact) mass is 382 g/mol. The lowest BCUT2D eigenvalue weighted by Crippen LogP contribution is -2.30.